The molecule has 0 bridgehead atoms. The first kappa shape index (κ1) is 31.5. The maximum atomic E-state index is 13.0. The summed E-state index contributed by atoms with van der Waals surface area (Å²) >= 11 is 2.99. The van der Waals surface area contributed by atoms with Crippen LogP contribution in [0.2, 0.25) is 0 Å². The van der Waals surface area contributed by atoms with E-state index in [-0.39, 0.29) is 12.3 Å². The third-order valence-corrected chi connectivity index (χ3v) is 6.31. The molecule has 0 saturated carbocycles. The third kappa shape index (κ3) is 13.1. The van der Waals surface area contributed by atoms with Crippen LogP contribution in [-0.4, -0.2) is 83.5 Å². The lowest BCUT2D eigenvalue weighted by atomic mass is 10.0. The van der Waals surface area contributed by atoms with Crippen molar-refractivity contribution in [1.82, 2.24) is 16.0 Å². The van der Waals surface area contributed by atoms with E-state index in [0.717, 1.165) is 6.42 Å². The summed E-state index contributed by atoms with van der Waals surface area (Å²) in [4.78, 5) is 49.8. The first-order valence-corrected chi connectivity index (χ1v) is 13.9. The van der Waals surface area contributed by atoms with Crippen LogP contribution in [0.1, 0.15) is 46.0 Å². The SMILES string of the molecule is CSCCC(NC(=O)C(CCSC)NC(=O)C(NC(=O)C(N)CCCCN)C(C)C)C(=O)O. The number of carboxylic acids is 1. The first-order valence-electron chi connectivity index (χ1n) is 11.2. The van der Waals surface area contributed by atoms with Gasteiger partial charge in [0.1, 0.15) is 18.1 Å². The fraction of sp³-hybridized carbons (Fsp3) is 0.810. The molecule has 0 rings (SSSR count). The summed E-state index contributed by atoms with van der Waals surface area (Å²) in [6.45, 7) is 4.08. The van der Waals surface area contributed by atoms with Gasteiger partial charge in [-0.2, -0.15) is 23.5 Å². The molecule has 0 aliphatic carbocycles. The quantitative estimate of drug-likeness (QED) is 0.141. The summed E-state index contributed by atoms with van der Waals surface area (Å²) in [7, 11) is 0. The predicted molar refractivity (Wildman–Crippen MR) is 135 cm³/mol. The maximum absolute atomic E-state index is 13.0. The van der Waals surface area contributed by atoms with Gasteiger partial charge in [0.05, 0.1) is 6.04 Å². The number of aliphatic carboxylic acids is 1. The zero-order valence-corrected chi connectivity index (χ0v) is 21.7. The van der Waals surface area contributed by atoms with Crippen LogP contribution in [0.4, 0.5) is 0 Å². The highest BCUT2D eigenvalue weighted by molar-refractivity contribution is 7.98. The summed E-state index contributed by atoms with van der Waals surface area (Å²) in [5, 5.41) is 17.3. The van der Waals surface area contributed by atoms with E-state index in [9.17, 15) is 24.3 Å². The van der Waals surface area contributed by atoms with E-state index in [0.29, 0.717) is 37.3 Å². The Hall–Kier alpha value is -1.50. The number of carbonyl (C=O) groups is 4. The third-order valence-electron chi connectivity index (χ3n) is 5.02. The number of unbranched alkanes of at least 4 members (excludes halogenated alkanes) is 1. The molecule has 4 atom stereocenters. The molecular weight excluding hydrogens is 466 g/mol. The van der Waals surface area contributed by atoms with Crippen molar-refractivity contribution in [2.45, 2.75) is 70.1 Å². The van der Waals surface area contributed by atoms with Gasteiger partial charge in [0, 0.05) is 0 Å². The molecule has 0 aromatic rings. The average Bonchev–Trinajstić information content (AvgIpc) is 2.76. The predicted octanol–water partition coefficient (Wildman–Crippen LogP) is 0.144. The molecule has 10 nitrogen and oxygen atoms in total. The van der Waals surface area contributed by atoms with Crippen LogP contribution in [0.5, 0.6) is 0 Å². The van der Waals surface area contributed by atoms with Crippen LogP contribution in [0.3, 0.4) is 0 Å². The van der Waals surface area contributed by atoms with Gasteiger partial charge in [-0.3, -0.25) is 14.4 Å². The molecule has 0 radical (unpaired) electrons. The van der Waals surface area contributed by atoms with Crippen LogP contribution in [0.25, 0.3) is 0 Å². The summed E-state index contributed by atoms with van der Waals surface area (Å²) in [5.74, 6) is -1.71. The van der Waals surface area contributed by atoms with E-state index in [1.165, 1.54) is 23.5 Å². The fourth-order valence-corrected chi connectivity index (χ4v) is 3.91. The number of hydrogen-bond acceptors (Lipinski definition) is 8. The van der Waals surface area contributed by atoms with E-state index in [1.54, 1.807) is 13.8 Å². The highest BCUT2D eigenvalue weighted by atomic mass is 32.2. The Morgan fingerprint density at radius 2 is 1.36 bits per heavy atom. The lowest BCUT2D eigenvalue weighted by Crippen LogP contribution is -2.58. The number of carbonyl (C=O) groups excluding carboxylic acids is 3. The van der Waals surface area contributed by atoms with Crippen molar-refractivity contribution in [3.05, 3.63) is 0 Å². The number of rotatable bonds is 18. The van der Waals surface area contributed by atoms with Gasteiger partial charge in [0.25, 0.3) is 0 Å². The van der Waals surface area contributed by atoms with Gasteiger partial charge in [-0.1, -0.05) is 20.3 Å². The van der Waals surface area contributed by atoms with Crippen molar-refractivity contribution in [2.24, 2.45) is 17.4 Å². The molecule has 0 aromatic carbocycles. The van der Waals surface area contributed by atoms with Gasteiger partial charge < -0.3 is 32.5 Å². The standard InChI is InChI=1S/C21H41N5O5S2/c1-13(2)17(26-18(27)14(23)7-5-6-10-22)20(29)24-15(8-11-32-3)19(28)25-16(21(30)31)9-12-33-4/h13-17H,5-12,22-23H2,1-4H3,(H,24,29)(H,25,28)(H,26,27)(H,30,31). The summed E-state index contributed by atoms with van der Waals surface area (Å²) < 4.78 is 0. The van der Waals surface area contributed by atoms with Gasteiger partial charge in [-0.15, -0.1) is 0 Å². The molecule has 0 aromatic heterocycles. The lowest BCUT2D eigenvalue weighted by Gasteiger charge is -2.27. The van der Waals surface area contributed by atoms with Crippen molar-refractivity contribution in [1.29, 1.82) is 0 Å². The second kappa shape index (κ2) is 17.9. The molecule has 3 amide bonds. The van der Waals surface area contributed by atoms with Gasteiger partial charge in [-0.05, 0) is 62.2 Å². The van der Waals surface area contributed by atoms with Gasteiger partial charge in [0.2, 0.25) is 17.7 Å². The molecule has 0 aliphatic heterocycles. The normalized spacial score (nSPS) is 14.8. The second-order valence-corrected chi connectivity index (χ2v) is 10.1. The molecule has 12 heteroatoms. The molecule has 0 saturated heterocycles. The Morgan fingerprint density at radius 1 is 0.818 bits per heavy atom. The van der Waals surface area contributed by atoms with Crippen molar-refractivity contribution < 1.29 is 24.3 Å². The number of amides is 3. The Labute approximate surface area is 205 Å². The monoisotopic (exact) mass is 507 g/mol. The van der Waals surface area contributed by atoms with Crippen LogP contribution >= 0.6 is 23.5 Å². The van der Waals surface area contributed by atoms with Crippen LogP contribution < -0.4 is 27.4 Å². The topological polar surface area (TPSA) is 177 Å². The minimum Gasteiger partial charge on any atom is -0.480 e. The molecule has 0 spiro atoms. The van der Waals surface area contributed by atoms with Crippen LogP contribution in [0.15, 0.2) is 0 Å². The number of hydrogen-bond donors (Lipinski definition) is 6. The van der Waals surface area contributed by atoms with Gasteiger partial charge in [0.15, 0.2) is 0 Å². The van der Waals surface area contributed by atoms with E-state index < -0.39 is 47.9 Å². The van der Waals surface area contributed by atoms with Crippen molar-refractivity contribution in [2.75, 3.05) is 30.6 Å². The number of nitrogens with two attached hydrogens (primary N) is 2. The highest BCUT2D eigenvalue weighted by Gasteiger charge is 2.31. The van der Waals surface area contributed by atoms with Crippen molar-refractivity contribution in [3.8, 4) is 0 Å². The number of thioether (sulfide) groups is 2. The maximum Gasteiger partial charge on any atom is 0.326 e. The molecule has 4 unspecified atom stereocenters. The summed E-state index contributed by atoms with van der Waals surface area (Å²) in [5.41, 5.74) is 11.4. The largest absolute Gasteiger partial charge is 0.480 e. The van der Waals surface area contributed by atoms with Crippen molar-refractivity contribution in [3.63, 3.8) is 0 Å². The van der Waals surface area contributed by atoms with Crippen LogP contribution in [-0.2, 0) is 19.2 Å². The Bertz CT molecular complexity index is 624. The van der Waals surface area contributed by atoms with Crippen LogP contribution in [0, 0.1) is 5.92 Å². The highest BCUT2D eigenvalue weighted by Crippen LogP contribution is 2.08. The summed E-state index contributed by atoms with van der Waals surface area (Å²) in [6.07, 6.45) is 6.26. The fourth-order valence-electron chi connectivity index (χ4n) is 2.97. The zero-order chi connectivity index (χ0) is 25.4. The van der Waals surface area contributed by atoms with E-state index in [1.807, 2.05) is 12.5 Å². The number of carboxylic acid groups (broad SMARTS) is 1. The molecule has 8 N–H and O–H groups in total. The average molecular weight is 508 g/mol. The van der Waals surface area contributed by atoms with Crippen molar-refractivity contribution >= 4 is 47.2 Å². The Morgan fingerprint density at radius 3 is 1.85 bits per heavy atom. The van der Waals surface area contributed by atoms with E-state index in [2.05, 4.69) is 16.0 Å². The Kier molecular flexibility index (Phi) is 17.1. The Balaban J connectivity index is 5.26. The molecular formula is C21H41N5O5S2. The number of nitrogens with one attached hydrogen (secondary N) is 3. The minimum absolute atomic E-state index is 0.247. The van der Waals surface area contributed by atoms with E-state index >= 15 is 0 Å². The minimum atomic E-state index is -1.12. The molecule has 33 heavy (non-hydrogen) atoms. The molecule has 0 fully saturated rings. The van der Waals surface area contributed by atoms with Gasteiger partial charge >= 0.3 is 5.97 Å². The molecule has 0 heterocycles. The molecule has 0 aliphatic rings. The van der Waals surface area contributed by atoms with E-state index in [4.69, 9.17) is 11.5 Å². The summed E-state index contributed by atoms with van der Waals surface area (Å²) in [6, 6.07) is -3.59. The zero-order valence-electron chi connectivity index (χ0n) is 20.1. The first-order chi connectivity index (χ1) is 15.6. The smallest absolute Gasteiger partial charge is 0.326 e. The lowest BCUT2D eigenvalue weighted by molar-refractivity contribution is -0.142. The second-order valence-electron chi connectivity index (χ2n) is 8.14. The van der Waals surface area contributed by atoms with Gasteiger partial charge in [-0.25, -0.2) is 4.79 Å². The molecule has 192 valence electrons.